The number of rotatable bonds is 6. The molecule has 1 heterocycles. The summed E-state index contributed by atoms with van der Waals surface area (Å²) in [6.45, 7) is 8.53. The second kappa shape index (κ2) is 9.96. The molecular weight excluding hydrogens is 390 g/mol. The molecule has 0 radical (unpaired) electrons. The van der Waals surface area contributed by atoms with Gasteiger partial charge in [0.05, 0.1) is 12.2 Å². The van der Waals surface area contributed by atoms with E-state index in [1.165, 1.54) is 0 Å². The molecule has 166 valence electrons. The van der Waals surface area contributed by atoms with Crippen molar-refractivity contribution in [3.63, 3.8) is 0 Å². The molecule has 0 saturated carbocycles. The van der Waals surface area contributed by atoms with Crippen molar-refractivity contribution in [2.24, 2.45) is 5.92 Å². The molecule has 1 aliphatic rings. The predicted molar refractivity (Wildman–Crippen MR) is 123 cm³/mol. The molecule has 2 aromatic carbocycles. The lowest BCUT2D eigenvalue weighted by Gasteiger charge is -2.38. The number of anilines is 1. The average Bonchev–Trinajstić information content (AvgIpc) is 2.74. The summed E-state index contributed by atoms with van der Waals surface area (Å²) in [6, 6.07) is 16.8. The largest absolute Gasteiger partial charge is 0.506 e. The Labute approximate surface area is 184 Å². The molecule has 2 N–H and O–H groups in total. The molecule has 31 heavy (non-hydrogen) atoms. The number of para-hydroxylation sites is 2. The maximum Gasteiger partial charge on any atom is 0.237 e. The van der Waals surface area contributed by atoms with Crippen molar-refractivity contribution in [2.75, 3.05) is 25.0 Å². The van der Waals surface area contributed by atoms with Gasteiger partial charge in [0, 0.05) is 18.0 Å². The van der Waals surface area contributed by atoms with Crippen LogP contribution >= 0.6 is 0 Å². The van der Waals surface area contributed by atoms with Crippen LogP contribution in [0.1, 0.15) is 39.2 Å². The third-order valence-electron chi connectivity index (χ3n) is 5.77. The smallest absolute Gasteiger partial charge is 0.237 e. The van der Waals surface area contributed by atoms with Crippen LogP contribution in [0, 0.1) is 5.92 Å². The number of amides is 2. The quantitative estimate of drug-likeness (QED) is 0.692. The summed E-state index contributed by atoms with van der Waals surface area (Å²) < 4.78 is 0. The summed E-state index contributed by atoms with van der Waals surface area (Å²) in [5, 5.41) is 12.7. The van der Waals surface area contributed by atoms with Gasteiger partial charge in [-0.3, -0.25) is 14.5 Å². The summed E-state index contributed by atoms with van der Waals surface area (Å²) in [7, 11) is 0. The number of likely N-dealkylation sites (tertiary alicyclic amines) is 1. The third-order valence-corrected chi connectivity index (χ3v) is 5.77. The van der Waals surface area contributed by atoms with Crippen LogP contribution < -0.4 is 5.32 Å². The van der Waals surface area contributed by atoms with Gasteiger partial charge >= 0.3 is 0 Å². The predicted octanol–water partition coefficient (Wildman–Crippen LogP) is 3.87. The highest BCUT2D eigenvalue weighted by atomic mass is 16.3. The fourth-order valence-corrected chi connectivity index (χ4v) is 3.91. The van der Waals surface area contributed by atoms with E-state index in [1.54, 1.807) is 24.3 Å². The first-order valence-electron chi connectivity index (χ1n) is 10.9. The van der Waals surface area contributed by atoms with Crippen LogP contribution in [-0.4, -0.2) is 51.9 Å². The fourth-order valence-electron chi connectivity index (χ4n) is 3.91. The second-order valence-corrected chi connectivity index (χ2v) is 9.19. The van der Waals surface area contributed by atoms with Crippen molar-refractivity contribution < 1.29 is 14.7 Å². The van der Waals surface area contributed by atoms with E-state index in [1.807, 2.05) is 35.2 Å². The van der Waals surface area contributed by atoms with Gasteiger partial charge in [-0.15, -0.1) is 0 Å². The highest BCUT2D eigenvalue weighted by molar-refractivity contribution is 5.94. The van der Waals surface area contributed by atoms with Crippen molar-refractivity contribution in [3.8, 4) is 5.75 Å². The average molecular weight is 424 g/mol. The van der Waals surface area contributed by atoms with Gasteiger partial charge in [-0.05, 0) is 64.4 Å². The van der Waals surface area contributed by atoms with E-state index in [0.717, 1.165) is 5.56 Å². The number of hydrogen-bond acceptors (Lipinski definition) is 4. The number of benzene rings is 2. The van der Waals surface area contributed by atoms with Crippen LogP contribution in [0.25, 0.3) is 0 Å². The minimum absolute atomic E-state index is 0.0690. The number of phenols is 1. The molecule has 6 nitrogen and oxygen atoms in total. The Morgan fingerprint density at radius 2 is 1.65 bits per heavy atom. The molecule has 0 aromatic heterocycles. The molecular formula is C25H33N3O3. The van der Waals surface area contributed by atoms with Gasteiger partial charge < -0.3 is 15.3 Å². The summed E-state index contributed by atoms with van der Waals surface area (Å²) in [4.78, 5) is 29.8. The standard InChI is InChI=1S/C25H33N3O3/c1-25(2,3)28(17-19-9-5-4-6-10-19)23(30)18-27-15-13-20(14-16-27)24(31)26-21-11-7-8-12-22(21)29/h4-12,20,29H,13-18H2,1-3H3,(H,26,31). The van der Waals surface area contributed by atoms with E-state index < -0.39 is 0 Å². The Balaban J connectivity index is 1.53. The van der Waals surface area contributed by atoms with Crippen LogP contribution in [0.2, 0.25) is 0 Å². The van der Waals surface area contributed by atoms with Crippen molar-refractivity contribution >= 4 is 17.5 Å². The van der Waals surface area contributed by atoms with Crippen LogP contribution in [-0.2, 0) is 16.1 Å². The van der Waals surface area contributed by atoms with Gasteiger partial charge in [0.1, 0.15) is 5.75 Å². The Morgan fingerprint density at radius 1 is 1.03 bits per heavy atom. The third kappa shape index (κ3) is 6.31. The SMILES string of the molecule is CC(C)(C)N(Cc1ccccc1)C(=O)CN1CCC(C(=O)Nc2ccccc2O)CC1. The molecule has 0 atom stereocenters. The monoisotopic (exact) mass is 423 g/mol. The van der Waals surface area contributed by atoms with E-state index in [-0.39, 0.29) is 29.0 Å². The first-order chi connectivity index (χ1) is 14.7. The number of carbonyl (C=O) groups is 2. The fraction of sp³-hybridized carbons (Fsp3) is 0.440. The van der Waals surface area contributed by atoms with E-state index in [4.69, 9.17) is 0 Å². The van der Waals surface area contributed by atoms with Crippen molar-refractivity contribution in [1.29, 1.82) is 0 Å². The lowest BCUT2D eigenvalue weighted by atomic mass is 9.95. The summed E-state index contributed by atoms with van der Waals surface area (Å²) in [5.74, 6) is -0.0186. The van der Waals surface area contributed by atoms with Crippen LogP contribution in [0.3, 0.4) is 0 Å². The van der Waals surface area contributed by atoms with Crippen LogP contribution in [0.5, 0.6) is 5.75 Å². The maximum absolute atomic E-state index is 13.1. The second-order valence-electron chi connectivity index (χ2n) is 9.19. The molecule has 1 aliphatic heterocycles. The molecule has 6 heteroatoms. The molecule has 3 rings (SSSR count). The topological polar surface area (TPSA) is 72.9 Å². The number of nitrogens with one attached hydrogen (secondary N) is 1. The van der Waals surface area contributed by atoms with E-state index in [0.29, 0.717) is 44.7 Å². The molecule has 2 amide bonds. The van der Waals surface area contributed by atoms with Crippen molar-refractivity contribution in [3.05, 3.63) is 60.2 Å². The zero-order valence-electron chi connectivity index (χ0n) is 18.7. The van der Waals surface area contributed by atoms with Gasteiger partial charge in [-0.25, -0.2) is 0 Å². The summed E-state index contributed by atoms with van der Waals surface area (Å²) in [6.07, 6.45) is 1.39. The lowest BCUT2D eigenvalue weighted by Crippen LogP contribution is -2.50. The van der Waals surface area contributed by atoms with Crippen molar-refractivity contribution in [1.82, 2.24) is 9.80 Å². The number of phenolic OH excluding ortho intramolecular Hbond substituents is 1. The lowest BCUT2D eigenvalue weighted by molar-refractivity contribution is -0.138. The zero-order valence-corrected chi connectivity index (χ0v) is 18.7. The maximum atomic E-state index is 13.1. The normalized spacial score (nSPS) is 15.5. The van der Waals surface area contributed by atoms with Gasteiger partial charge in [-0.1, -0.05) is 42.5 Å². The molecule has 0 unspecified atom stereocenters. The van der Waals surface area contributed by atoms with Gasteiger partial charge in [0.25, 0.3) is 0 Å². The minimum Gasteiger partial charge on any atom is -0.506 e. The summed E-state index contributed by atoms with van der Waals surface area (Å²) in [5.41, 5.74) is 1.28. The van der Waals surface area contributed by atoms with E-state index in [9.17, 15) is 14.7 Å². The Kier molecular flexibility index (Phi) is 7.33. The summed E-state index contributed by atoms with van der Waals surface area (Å²) >= 11 is 0. The highest BCUT2D eigenvalue weighted by Gasteiger charge is 2.30. The number of nitrogens with zero attached hydrogens (tertiary/aromatic N) is 2. The zero-order chi connectivity index (χ0) is 22.4. The molecule has 1 saturated heterocycles. The molecule has 0 aliphatic carbocycles. The number of hydrogen-bond donors (Lipinski definition) is 2. The molecule has 0 bridgehead atoms. The Hall–Kier alpha value is -2.86. The number of piperidine rings is 1. The first kappa shape index (κ1) is 22.8. The van der Waals surface area contributed by atoms with E-state index in [2.05, 4.69) is 31.0 Å². The molecule has 0 spiro atoms. The van der Waals surface area contributed by atoms with Crippen LogP contribution in [0.15, 0.2) is 54.6 Å². The van der Waals surface area contributed by atoms with Crippen molar-refractivity contribution in [2.45, 2.75) is 45.7 Å². The van der Waals surface area contributed by atoms with Gasteiger partial charge in [-0.2, -0.15) is 0 Å². The van der Waals surface area contributed by atoms with Gasteiger partial charge in [0.15, 0.2) is 0 Å². The number of carbonyl (C=O) groups excluding carboxylic acids is 2. The van der Waals surface area contributed by atoms with Crippen LogP contribution in [0.4, 0.5) is 5.69 Å². The van der Waals surface area contributed by atoms with Gasteiger partial charge in [0.2, 0.25) is 11.8 Å². The Bertz CT molecular complexity index is 884. The minimum atomic E-state index is -0.275. The molecule has 2 aromatic rings. The Morgan fingerprint density at radius 3 is 2.26 bits per heavy atom. The molecule has 1 fully saturated rings. The first-order valence-corrected chi connectivity index (χ1v) is 10.9. The van der Waals surface area contributed by atoms with E-state index >= 15 is 0 Å². The highest BCUT2D eigenvalue weighted by Crippen LogP contribution is 2.25. The number of aromatic hydroxyl groups is 1.